The van der Waals surface area contributed by atoms with Crippen molar-refractivity contribution in [1.29, 1.82) is 5.26 Å². The van der Waals surface area contributed by atoms with Gasteiger partial charge < -0.3 is 9.73 Å². The van der Waals surface area contributed by atoms with E-state index in [9.17, 15) is 14.4 Å². The highest BCUT2D eigenvalue weighted by atomic mass is 19.1. The monoisotopic (exact) mass is 309 g/mol. The maximum Gasteiger partial charge on any atom is 0.306 e. The first kappa shape index (κ1) is 14.7. The van der Waals surface area contributed by atoms with Crippen molar-refractivity contribution in [3.8, 4) is 17.2 Å². The van der Waals surface area contributed by atoms with Crippen molar-refractivity contribution >= 4 is 17.0 Å². The molecule has 2 aromatic carbocycles. The summed E-state index contributed by atoms with van der Waals surface area (Å²) in [7, 11) is 1.42. The Morgan fingerprint density at radius 1 is 1.35 bits per heavy atom. The first-order chi connectivity index (χ1) is 11.1. The third-order valence-electron chi connectivity index (χ3n) is 3.63. The lowest BCUT2D eigenvalue weighted by Crippen LogP contribution is -2.17. The van der Waals surface area contributed by atoms with Crippen molar-refractivity contribution in [2.24, 2.45) is 0 Å². The van der Waals surface area contributed by atoms with E-state index in [0.717, 1.165) is 0 Å². The van der Waals surface area contributed by atoms with E-state index in [-0.39, 0.29) is 28.1 Å². The predicted molar refractivity (Wildman–Crippen MR) is 82.2 cm³/mol. The van der Waals surface area contributed by atoms with E-state index < -0.39 is 11.7 Å². The maximum absolute atomic E-state index is 14.9. The van der Waals surface area contributed by atoms with E-state index in [1.807, 2.05) is 12.1 Å². The second-order valence-corrected chi connectivity index (χ2v) is 4.94. The number of fused-ring (bicyclic) bond motifs is 1. The summed E-state index contributed by atoms with van der Waals surface area (Å²) < 4.78 is 20.2. The summed E-state index contributed by atoms with van der Waals surface area (Å²) in [6.07, 6.45) is 0. The van der Waals surface area contributed by atoms with Gasteiger partial charge in [-0.3, -0.25) is 4.79 Å². The molecule has 6 heteroatoms. The number of carbonyl (C=O) groups is 1. The summed E-state index contributed by atoms with van der Waals surface area (Å²) in [4.78, 5) is 15.6. The minimum Gasteiger partial charge on any atom is -0.429 e. The number of hydrogen-bond acceptors (Lipinski definition) is 4. The van der Waals surface area contributed by atoms with Crippen LogP contribution in [0.5, 0.6) is 0 Å². The molecule has 0 aliphatic heterocycles. The van der Waals surface area contributed by atoms with Crippen LogP contribution in [0.15, 0.2) is 34.7 Å². The SMILES string of the molecule is CNC(=O)c1nc2c(C#N)c(C)c(-c3ccccc3)c(F)c2o1. The molecule has 0 saturated carbocycles. The Balaban J connectivity index is 2.40. The first-order valence-electron chi connectivity index (χ1n) is 6.88. The van der Waals surface area contributed by atoms with Crippen molar-refractivity contribution in [3.63, 3.8) is 0 Å². The Bertz CT molecular complexity index is 956. The number of carbonyl (C=O) groups excluding carboxylic acids is 1. The van der Waals surface area contributed by atoms with E-state index in [4.69, 9.17) is 4.42 Å². The smallest absolute Gasteiger partial charge is 0.306 e. The molecule has 0 radical (unpaired) electrons. The molecule has 0 fully saturated rings. The zero-order valence-corrected chi connectivity index (χ0v) is 12.5. The molecular formula is C17H12FN3O2. The van der Waals surface area contributed by atoms with E-state index >= 15 is 0 Å². The highest BCUT2D eigenvalue weighted by Gasteiger charge is 2.24. The molecule has 1 N–H and O–H groups in total. The number of aromatic nitrogens is 1. The number of nitrogens with one attached hydrogen (secondary N) is 1. The lowest BCUT2D eigenvalue weighted by Gasteiger charge is -2.09. The van der Waals surface area contributed by atoms with Crippen LogP contribution < -0.4 is 5.32 Å². The average molecular weight is 309 g/mol. The van der Waals surface area contributed by atoms with Crippen LogP contribution in [-0.4, -0.2) is 17.9 Å². The Labute approximate surface area is 131 Å². The van der Waals surface area contributed by atoms with Gasteiger partial charge in [-0.05, 0) is 18.1 Å². The summed E-state index contributed by atoms with van der Waals surface area (Å²) in [6, 6.07) is 10.9. The van der Waals surface area contributed by atoms with Crippen LogP contribution in [0.3, 0.4) is 0 Å². The number of halogens is 1. The van der Waals surface area contributed by atoms with E-state index in [2.05, 4.69) is 10.3 Å². The molecule has 0 saturated heterocycles. The summed E-state index contributed by atoms with van der Waals surface area (Å²) in [5, 5.41) is 11.8. The van der Waals surface area contributed by atoms with Gasteiger partial charge in [-0.2, -0.15) is 5.26 Å². The summed E-state index contributed by atoms with van der Waals surface area (Å²) in [6.45, 7) is 1.65. The predicted octanol–water partition coefficient (Wildman–Crippen LogP) is 3.17. The molecule has 3 rings (SSSR count). The van der Waals surface area contributed by atoms with Crippen LogP contribution >= 0.6 is 0 Å². The molecule has 0 spiro atoms. The summed E-state index contributed by atoms with van der Waals surface area (Å²) in [5.74, 6) is -1.49. The number of benzene rings is 2. The standard InChI is InChI=1S/C17H12FN3O2/c1-9-11(8-19)14-15(23-17(21-14)16(22)20-2)13(18)12(9)10-6-4-3-5-7-10/h3-7H,1-2H3,(H,20,22). The van der Waals surface area contributed by atoms with Gasteiger partial charge in [-0.15, -0.1) is 0 Å². The maximum atomic E-state index is 14.9. The van der Waals surface area contributed by atoms with Crippen LogP contribution in [0.1, 0.15) is 21.8 Å². The highest BCUT2D eigenvalue weighted by molar-refractivity contribution is 5.95. The van der Waals surface area contributed by atoms with Crippen LogP contribution in [0.2, 0.25) is 0 Å². The van der Waals surface area contributed by atoms with E-state index in [0.29, 0.717) is 11.1 Å². The number of oxazole rings is 1. The number of nitriles is 1. The minimum absolute atomic E-state index is 0.0563. The van der Waals surface area contributed by atoms with E-state index in [1.165, 1.54) is 7.05 Å². The van der Waals surface area contributed by atoms with Gasteiger partial charge >= 0.3 is 5.91 Å². The second-order valence-electron chi connectivity index (χ2n) is 4.94. The fourth-order valence-electron chi connectivity index (χ4n) is 2.51. The number of nitrogens with zero attached hydrogens (tertiary/aromatic N) is 2. The quantitative estimate of drug-likeness (QED) is 0.788. The van der Waals surface area contributed by atoms with Crippen LogP contribution in [-0.2, 0) is 0 Å². The van der Waals surface area contributed by atoms with Crippen LogP contribution in [0.25, 0.3) is 22.2 Å². The third-order valence-corrected chi connectivity index (χ3v) is 3.63. The fraction of sp³-hybridized carbons (Fsp3) is 0.118. The molecule has 1 aromatic heterocycles. The normalized spacial score (nSPS) is 10.5. The Kier molecular flexibility index (Phi) is 3.54. The third kappa shape index (κ3) is 2.23. The topological polar surface area (TPSA) is 78.9 Å². The average Bonchev–Trinajstić information content (AvgIpc) is 3.01. The molecule has 0 aliphatic carbocycles. The van der Waals surface area contributed by atoms with Gasteiger partial charge in [0.15, 0.2) is 11.4 Å². The van der Waals surface area contributed by atoms with Crippen molar-refractivity contribution in [3.05, 3.63) is 53.2 Å². The Morgan fingerprint density at radius 3 is 2.65 bits per heavy atom. The van der Waals surface area contributed by atoms with Crippen molar-refractivity contribution in [2.45, 2.75) is 6.92 Å². The molecule has 0 aliphatic rings. The molecule has 1 amide bonds. The molecule has 114 valence electrons. The van der Waals surface area contributed by atoms with Crippen LogP contribution in [0, 0.1) is 24.1 Å². The molecule has 0 unspecified atom stereocenters. The van der Waals surface area contributed by atoms with Gasteiger partial charge in [0.1, 0.15) is 11.6 Å². The van der Waals surface area contributed by atoms with Crippen LogP contribution in [0.4, 0.5) is 4.39 Å². The van der Waals surface area contributed by atoms with Gasteiger partial charge in [-0.1, -0.05) is 30.3 Å². The van der Waals surface area contributed by atoms with Gasteiger partial charge in [-0.25, -0.2) is 9.37 Å². The number of amides is 1. The molecule has 0 bridgehead atoms. The zero-order chi connectivity index (χ0) is 16.6. The second kappa shape index (κ2) is 5.54. The van der Waals surface area contributed by atoms with E-state index in [1.54, 1.807) is 31.2 Å². The number of hydrogen-bond donors (Lipinski definition) is 1. The molecule has 0 atom stereocenters. The van der Waals surface area contributed by atoms with Crippen molar-refractivity contribution in [1.82, 2.24) is 10.3 Å². The summed E-state index contributed by atoms with van der Waals surface area (Å²) >= 11 is 0. The largest absolute Gasteiger partial charge is 0.429 e. The fourth-order valence-corrected chi connectivity index (χ4v) is 2.51. The Morgan fingerprint density at radius 2 is 2.04 bits per heavy atom. The Hall–Kier alpha value is -3.20. The van der Waals surface area contributed by atoms with Gasteiger partial charge in [0.25, 0.3) is 5.89 Å². The molecule has 23 heavy (non-hydrogen) atoms. The molecule has 5 nitrogen and oxygen atoms in total. The minimum atomic E-state index is -0.634. The molecule has 3 aromatic rings. The lowest BCUT2D eigenvalue weighted by molar-refractivity contribution is 0.0931. The zero-order valence-electron chi connectivity index (χ0n) is 12.5. The number of rotatable bonds is 2. The highest BCUT2D eigenvalue weighted by Crippen LogP contribution is 2.35. The molecular weight excluding hydrogens is 297 g/mol. The van der Waals surface area contributed by atoms with Gasteiger partial charge in [0.2, 0.25) is 0 Å². The molecule has 1 heterocycles. The van der Waals surface area contributed by atoms with Gasteiger partial charge in [0.05, 0.1) is 5.56 Å². The summed E-state index contributed by atoms with van der Waals surface area (Å²) in [5.41, 5.74) is 1.41. The van der Waals surface area contributed by atoms with Crippen molar-refractivity contribution in [2.75, 3.05) is 7.05 Å². The van der Waals surface area contributed by atoms with Crippen molar-refractivity contribution < 1.29 is 13.6 Å². The lowest BCUT2D eigenvalue weighted by atomic mass is 9.95. The van der Waals surface area contributed by atoms with Gasteiger partial charge in [0, 0.05) is 12.6 Å². The first-order valence-corrected chi connectivity index (χ1v) is 6.88.